The molecule has 0 spiro atoms. The van der Waals surface area contributed by atoms with Gasteiger partial charge in [0, 0.05) is 44.3 Å². The molecule has 2 N–H and O–H groups in total. The van der Waals surface area contributed by atoms with Crippen molar-refractivity contribution in [1.29, 1.82) is 0 Å². The summed E-state index contributed by atoms with van der Waals surface area (Å²) in [5.74, 6) is 0. The van der Waals surface area contributed by atoms with Crippen LogP contribution in [0.5, 0.6) is 0 Å². The van der Waals surface area contributed by atoms with Gasteiger partial charge in [-0.1, -0.05) is 44.9 Å². The average molecular weight is 633 g/mol. The molecule has 0 saturated heterocycles. The van der Waals surface area contributed by atoms with E-state index in [1.807, 2.05) is 0 Å². The maximum Gasteiger partial charge on any atom is 0.0237 e. The Balaban J connectivity index is 1.93. The highest BCUT2D eigenvalue weighted by molar-refractivity contribution is 5.08. The van der Waals surface area contributed by atoms with Gasteiger partial charge in [-0.15, -0.1) is 0 Å². The van der Waals surface area contributed by atoms with E-state index in [1.54, 1.807) is 0 Å². The smallest absolute Gasteiger partial charge is 0.0237 e. The summed E-state index contributed by atoms with van der Waals surface area (Å²) in [4.78, 5) is 5.81. The van der Waals surface area contributed by atoms with Gasteiger partial charge in [-0.05, 0) is 175 Å². The van der Waals surface area contributed by atoms with Crippen LogP contribution in [0.4, 0.5) is 0 Å². The standard InChI is InChI=1S/C41H84N4/c1-34(2,3)44(35(4,5)6)40(26-20-17-21-27-40)32-38(13,14)42-30-24-19-25-31-43-39(15,16)33-41(28-22-18-23-29-41)45(36(7,8)9)37(10,11)12/h42-43H,17-33H2,1-16H3. The minimum Gasteiger partial charge on any atom is -0.312 e. The zero-order chi connectivity index (χ0) is 34.6. The van der Waals surface area contributed by atoms with Gasteiger partial charge in [-0.2, -0.15) is 0 Å². The third kappa shape index (κ3) is 12.0. The topological polar surface area (TPSA) is 30.5 Å². The lowest BCUT2D eigenvalue weighted by molar-refractivity contribution is -0.0971. The molecule has 2 aliphatic carbocycles. The molecule has 0 radical (unpaired) electrons. The molecule has 0 aliphatic heterocycles. The Hall–Kier alpha value is -0.160. The van der Waals surface area contributed by atoms with E-state index in [9.17, 15) is 0 Å². The summed E-state index contributed by atoms with van der Waals surface area (Å²) in [6, 6.07) is 0. The van der Waals surface area contributed by atoms with Crippen molar-refractivity contribution in [2.45, 2.75) is 251 Å². The highest BCUT2D eigenvalue weighted by Crippen LogP contribution is 2.48. The molecule has 0 amide bonds. The Kier molecular flexibility index (Phi) is 13.8. The van der Waals surface area contributed by atoms with Gasteiger partial charge < -0.3 is 10.6 Å². The summed E-state index contributed by atoms with van der Waals surface area (Å²) < 4.78 is 0. The van der Waals surface area contributed by atoms with Crippen molar-refractivity contribution in [3.63, 3.8) is 0 Å². The average Bonchev–Trinajstić information content (AvgIpc) is 2.79. The zero-order valence-corrected chi connectivity index (χ0v) is 33.9. The van der Waals surface area contributed by atoms with E-state index in [0.717, 1.165) is 13.1 Å². The second kappa shape index (κ2) is 15.2. The molecule has 0 unspecified atom stereocenters. The van der Waals surface area contributed by atoms with Gasteiger partial charge in [-0.3, -0.25) is 9.80 Å². The number of rotatable bonds is 14. The van der Waals surface area contributed by atoms with E-state index in [0.29, 0.717) is 0 Å². The molecule has 0 heterocycles. The molecule has 2 fully saturated rings. The Bertz CT molecular complexity index is 761. The summed E-state index contributed by atoms with van der Waals surface area (Å²) in [7, 11) is 0. The van der Waals surface area contributed by atoms with Crippen molar-refractivity contribution >= 4 is 0 Å². The highest BCUT2D eigenvalue weighted by Gasteiger charge is 2.51. The normalized spacial score (nSPS) is 20.7. The second-order valence-corrected chi connectivity index (χ2v) is 21.0. The van der Waals surface area contributed by atoms with Crippen LogP contribution in [0, 0.1) is 0 Å². The highest BCUT2D eigenvalue weighted by atomic mass is 15.3. The van der Waals surface area contributed by atoms with Gasteiger partial charge >= 0.3 is 0 Å². The molecule has 2 aliphatic rings. The van der Waals surface area contributed by atoms with E-state index >= 15 is 0 Å². The number of unbranched alkanes of at least 4 members (excludes halogenated alkanes) is 2. The minimum atomic E-state index is 0.132. The SMILES string of the molecule is CC(C)(CC1(N(C(C)(C)C)C(C)(C)C)CCCCC1)NCCCCCNC(C)(C)CC1(N(C(C)(C)C)C(C)(C)C)CCCCC1. The fourth-order valence-electron chi connectivity index (χ4n) is 11.3. The Morgan fingerprint density at radius 2 is 0.667 bits per heavy atom. The second-order valence-electron chi connectivity index (χ2n) is 21.0. The molecule has 0 aromatic carbocycles. The van der Waals surface area contributed by atoms with Crippen LogP contribution < -0.4 is 10.6 Å². The van der Waals surface area contributed by atoms with Crippen LogP contribution >= 0.6 is 0 Å². The molecule has 2 saturated carbocycles. The summed E-state index contributed by atoms with van der Waals surface area (Å²) >= 11 is 0. The number of nitrogens with one attached hydrogen (secondary N) is 2. The van der Waals surface area contributed by atoms with Crippen LogP contribution in [-0.2, 0) is 0 Å². The van der Waals surface area contributed by atoms with E-state index in [4.69, 9.17) is 0 Å². The first-order valence-corrected chi connectivity index (χ1v) is 19.4. The van der Waals surface area contributed by atoms with Crippen molar-refractivity contribution < 1.29 is 0 Å². The van der Waals surface area contributed by atoms with E-state index in [2.05, 4.69) is 131 Å². The van der Waals surface area contributed by atoms with Crippen LogP contribution in [0.2, 0.25) is 0 Å². The molecule has 2 rings (SSSR count). The lowest BCUT2D eigenvalue weighted by Crippen LogP contribution is -2.67. The van der Waals surface area contributed by atoms with Gasteiger partial charge in [0.05, 0.1) is 0 Å². The van der Waals surface area contributed by atoms with Gasteiger partial charge in [0.1, 0.15) is 0 Å². The first kappa shape index (κ1) is 41.0. The molecule has 4 nitrogen and oxygen atoms in total. The maximum atomic E-state index is 4.04. The molecule has 4 heteroatoms. The predicted octanol–water partition coefficient (Wildman–Crippen LogP) is 10.9. The molecule has 268 valence electrons. The van der Waals surface area contributed by atoms with E-state index < -0.39 is 0 Å². The van der Waals surface area contributed by atoms with Gasteiger partial charge in [-0.25, -0.2) is 0 Å². The fraction of sp³-hybridized carbons (Fsp3) is 1.00. The van der Waals surface area contributed by atoms with Crippen LogP contribution in [-0.4, -0.2) is 67.2 Å². The third-order valence-electron chi connectivity index (χ3n) is 10.8. The number of hydrogen-bond donors (Lipinski definition) is 2. The number of nitrogens with zero attached hydrogens (tertiary/aromatic N) is 2. The zero-order valence-electron chi connectivity index (χ0n) is 33.9. The van der Waals surface area contributed by atoms with Crippen molar-refractivity contribution in [3.05, 3.63) is 0 Å². The Labute approximate surface area is 284 Å². The van der Waals surface area contributed by atoms with E-state index in [1.165, 1.54) is 96.3 Å². The predicted molar refractivity (Wildman–Crippen MR) is 202 cm³/mol. The van der Waals surface area contributed by atoms with Crippen LogP contribution in [0.15, 0.2) is 0 Å². The third-order valence-corrected chi connectivity index (χ3v) is 10.8. The quantitative estimate of drug-likeness (QED) is 0.187. The van der Waals surface area contributed by atoms with Crippen molar-refractivity contribution in [2.24, 2.45) is 0 Å². The molecule has 0 aromatic heterocycles. The molecular weight excluding hydrogens is 548 g/mol. The monoisotopic (exact) mass is 633 g/mol. The Morgan fingerprint density at radius 3 is 0.911 bits per heavy atom. The molecule has 0 bridgehead atoms. The van der Waals surface area contributed by atoms with Crippen molar-refractivity contribution in [1.82, 2.24) is 20.4 Å². The molecular formula is C41H84N4. The lowest BCUT2D eigenvalue weighted by Gasteiger charge is -2.60. The summed E-state index contributed by atoms with van der Waals surface area (Å²) in [6.07, 6.45) is 19.9. The minimum absolute atomic E-state index is 0.132. The summed E-state index contributed by atoms with van der Waals surface area (Å²) in [6.45, 7) is 41.3. The first-order valence-electron chi connectivity index (χ1n) is 19.4. The van der Waals surface area contributed by atoms with Crippen LogP contribution in [0.25, 0.3) is 0 Å². The Morgan fingerprint density at radius 1 is 0.400 bits per heavy atom. The van der Waals surface area contributed by atoms with Gasteiger partial charge in [0.25, 0.3) is 0 Å². The first-order chi connectivity index (χ1) is 20.3. The maximum absolute atomic E-state index is 4.04. The van der Waals surface area contributed by atoms with Crippen LogP contribution in [0.1, 0.15) is 207 Å². The van der Waals surface area contributed by atoms with E-state index in [-0.39, 0.29) is 44.3 Å². The van der Waals surface area contributed by atoms with Crippen molar-refractivity contribution in [2.75, 3.05) is 13.1 Å². The van der Waals surface area contributed by atoms with Crippen LogP contribution in [0.3, 0.4) is 0 Å². The number of hydrogen-bond acceptors (Lipinski definition) is 4. The summed E-state index contributed by atoms with van der Waals surface area (Å²) in [5.41, 5.74) is 1.42. The molecule has 45 heavy (non-hydrogen) atoms. The summed E-state index contributed by atoms with van der Waals surface area (Å²) in [5, 5.41) is 8.09. The molecule has 0 atom stereocenters. The van der Waals surface area contributed by atoms with Gasteiger partial charge in [0.15, 0.2) is 0 Å². The fourth-order valence-corrected chi connectivity index (χ4v) is 11.3. The molecule has 0 aromatic rings. The largest absolute Gasteiger partial charge is 0.312 e. The van der Waals surface area contributed by atoms with Gasteiger partial charge in [0.2, 0.25) is 0 Å². The van der Waals surface area contributed by atoms with Crippen molar-refractivity contribution in [3.8, 4) is 0 Å². The lowest BCUT2D eigenvalue weighted by atomic mass is 9.69.